The minimum absolute atomic E-state index is 0.0247. The molecule has 3 atom stereocenters. The second kappa shape index (κ2) is 19.3. The number of carbonyl (C=O) groups is 5. The van der Waals surface area contributed by atoms with E-state index in [1.54, 1.807) is 41.7 Å². The third-order valence-corrected chi connectivity index (χ3v) is 11.4. The van der Waals surface area contributed by atoms with E-state index in [4.69, 9.17) is 30.0 Å². The predicted molar refractivity (Wildman–Crippen MR) is 225 cm³/mol. The van der Waals surface area contributed by atoms with Crippen molar-refractivity contribution in [1.82, 2.24) is 20.5 Å². The van der Waals surface area contributed by atoms with Gasteiger partial charge in [-0.3, -0.25) is 14.4 Å². The SMILES string of the molecule is COc1ccc2c(O[C@@H]3C[C@@H](C(=O)NC4(C(=O)O)CCCCC4)N(C(=O)[C@@H](NC(=O)OC(C)(C)C)C(C)C)C3)cc(-c3ccccc3)nc2c1.NC1(C(=O)O)CCCCC1. The Hall–Kier alpha value is -5.44. The number of carbonyl (C=O) groups excluding carboxylic acids is 3. The first kappa shape index (κ1) is 45.6. The number of pyridine rings is 1. The van der Waals surface area contributed by atoms with Crippen molar-refractivity contribution in [2.45, 2.75) is 140 Å². The Morgan fingerprint density at radius 1 is 0.883 bits per heavy atom. The van der Waals surface area contributed by atoms with E-state index < -0.39 is 64.7 Å². The van der Waals surface area contributed by atoms with Crippen molar-refractivity contribution in [3.05, 3.63) is 54.6 Å². The van der Waals surface area contributed by atoms with Crippen LogP contribution in [0.5, 0.6) is 11.5 Å². The van der Waals surface area contributed by atoms with E-state index in [9.17, 15) is 29.1 Å². The van der Waals surface area contributed by atoms with Gasteiger partial charge in [-0.25, -0.2) is 14.6 Å². The van der Waals surface area contributed by atoms with Crippen molar-refractivity contribution in [3.63, 3.8) is 0 Å². The van der Waals surface area contributed by atoms with Gasteiger partial charge in [-0.15, -0.1) is 0 Å². The van der Waals surface area contributed by atoms with Crippen LogP contribution in [0.2, 0.25) is 0 Å². The molecule has 3 fully saturated rings. The highest BCUT2D eigenvalue weighted by molar-refractivity contribution is 5.95. The smallest absolute Gasteiger partial charge is 0.408 e. The first-order valence-electron chi connectivity index (χ1n) is 20.9. The summed E-state index contributed by atoms with van der Waals surface area (Å²) in [5, 5.41) is 25.1. The van der Waals surface area contributed by atoms with Crippen molar-refractivity contribution in [3.8, 4) is 22.8 Å². The maximum Gasteiger partial charge on any atom is 0.408 e. The van der Waals surface area contributed by atoms with Crippen molar-refractivity contribution in [2.75, 3.05) is 13.7 Å². The van der Waals surface area contributed by atoms with Gasteiger partial charge in [-0.05, 0) is 64.5 Å². The maximum absolute atomic E-state index is 14.3. The number of amides is 3. The normalized spacial score (nSPS) is 20.2. The molecule has 3 aromatic rings. The number of rotatable bonds is 11. The fourth-order valence-corrected chi connectivity index (χ4v) is 8.10. The van der Waals surface area contributed by atoms with Crippen molar-refractivity contribution >= 4 is 40.7 Å². The molecule has 1 aliphatic heterocycles. The number of nitrogens with one attached hydrogen (secondary N) is 2. The van der Waals surface area contributed by atoms with Gasteiger partial charge in [0.25, 0.3) is 0 Å². The summed E-state index contributed by atoms with van der Waals surface area (Å²) in [6.07, 6.45) is 5.88. The van der Waals surface area contributed by atoms with Gasteiger partial charge in [0.15, 0.2) is 0 Å². The number of likely N-dealkylation sites (tertiary alicyclic amines) is 1. The third-order valence-electron chi connectivity index (χ3n) is 11.4. The quantitative estimate of drug-likeness (QED) is 0.141. The van der Waals surface area contributed by atoms with Gasteiger partial charge < -0.3 is 45.7 Å². The van der Waals surface area contributed by atoms with E-state index in [1.165, 1.54) is 4.90 Å². The van der Waals surface area contributed by atoms with E-state index in [0.29, 0.717) is 61.2 Å². The molecule has 6 rings (SSSR count). The van der Waals surface area contributed by atoms with Crippen LogP contribution in [0, 0.1) is 5.92 Å². The molecule has 326 valence electrons. The Kier molecular flexibility index (Phi) is 14.7. The van der Waals surface area contributed by atoms with Crippen LogP contribution >= 0.6 is 0 Å². The number of nitrogens with two attached hydrogens (primary N) is 1. The van der Waals surface area contributed by atoms with E-state index >= 15 is 0 Å². The molecular formula is C45H61N5O10. The molecule has 0 unspecified atom stereocenters. The molecule has 15 heteroatoms. The van der Waals surface area contributed by atoms with E-state index in [0.717, 1.165) is 36.6 Å². The van der Waals surface area contributed by atoms with E-state index in [2.05, 4.69) is 10.6 Å². The van der Waals surface area contributed by atoms with Gasteiger partial charge in [0.2, 0.25) is 11.8 Å². The third kappa shape index (κ3) is 11.2. The standard InChI is InChI=1S/C38H48N4O8.C7H13NO2/c1-23(2)32(40-36(47)50-37(3,4)5)34(44)42-22-26(20-30(42)33(43)41-38(35(45)46)17-11-8-12-18-38)49-31-21-28(24-13-9-7-10-14-24)39-29-19-25(48-6)15-16-27(29)31;8-7(6(9)10)4-2-1-3-5-7/h7,9-10,13-16,19,21,23,26,30,32H,8,11-12,17-18,20,22H2,1-6H3,(H,40,47)(H,41,43)(H,45,46);1-5,8H2,(H,9,10)/t26-,30+,32+;/m1./s1. The second-order valence-corrected chi connectivity index (χ2v) is 17.6. The number of aliphatic carboxylic acids is 2. The first-order chi connectivity index (χ1) is 28.3. The Balaban J connectivity index is 0.000000597. The number of nitrogens with zero attached hydrogens (tertiary/aromatic N) is 2. The van der Waals surface area contributed by atoms with Crippen LogP contribution in [-0.4, -0.2) is 98.5 Å². The number of hydrogen-bond acceptors (Lipinski definition) is 10. The van der Waals surface area contributed by atoms with Gasteiger partial charge in [0, 0.05) is 29.5 Å². The second-order valence-electron chi connectivity index (χ2n) is 17.6. The van der Waals surface area contributed by atoms with Crippen LogP contribution in [0.3, 0.4) is 0 Å². The van der Waals surface area contributed by atoms with Gasteiger partial charge in [-0.2, -0.15) is 0 Å². The van der Waals surface area contributed by atoms with Crippen molar-refractivity contribution < 1.29 is 48.4 Å². The monoisotopic (exact) mass is 831 g/mol. The molecule has 0 spiro atoms. The lowest BCUT2D eigenvalue weighted by atomic mass is 9.81. The van der Waals surface area contributed by atoms with Crippen molar-refractivity contribution in [2.24, 2.45) is 11.7 Å². The number of benzene rings is 2. The Morgan fingerprint density at radius 2 is 1.52 bits per heavy atom. The summed E-state index contributed by atoms with van der Waals surface area (Å²) in [7, 11) is 1.58. The molecular weight excluding hydrogens is 771 g/mol. The lowest BCUT2D eigenvalue weighted by Gasteiger charge is -2.36. The summed E-state index contributed by atoms with van der Waals surface area (Å²) in [6, 6.07) is 14.9. The zero-order valence-electron chi connectivity index (χ0n) is 35.6. The fraction of sp³-hybridized carbons (Fsp3) is 0.556. The molecule has 2 aliphatic carbocycles. The Morgan fingerprint density at radius 3 is 2.07 bits per heavy atom. The summed E-state index contributed by atoms with van der Waals surface area (Å²) < 4.78 is 17.6. The number of hydrogen-bond donors (Lipinski definition) is 5. The van der Waals surface area contributed by atoms with Crippen LogP contribution in [0.1, 0.15) is 105 Å². The average molecular weight is 832 g/mol. The molecule has 1 aromatic heterocycles. The first-order valence-corrected chi connectivity index (χ1v) is 20.9. The van der Waals surface area contributed by atoms with Gasteiger partial charge in [0.05, 0.1) is 24.9 Å². The predicted octanol–water partition coefficient (Wildman–Crippen LogP) is 6.44. The summed E-state index contributed by atoms with van der Waals surface area (Å²) in [5.74, 6) is -2.20. The van der Waals surface area contributed by atoms with Crippen molar-refractivity contribution in [1.29, 1.82) is 0 Å². The molecule has 3 aliphatic rings. The number of carboxylic acids is 2. The minimum Gasteiger partial charge on any atom is -0.497 e. The summed E-state index contributed by atoms with van der Waals surface area (Å²) in [5.41, 5.74) is 4.68. The molecule has 2 saturated carbocycles. The average Bonchev–Trinajstić information content (AvgIpc) is 3.63. The summed E-state index contributed by atoms with van der Waals surface area (Å²) >= 11 is 0. The summed E-state index contributed by atoms with van der Waals surface area (Å²) in [4.78, 5) is 70.6. The zero-order chi connectivity index (χ0) is 43.8. The lowest BCUT2D eigenvalue weighted by Crippen LogP contribution is -2.61. The molecule has 3 amide bonds. The van der Waals surface area contributed by atoms with E-state index in [-0.39, 0.29) is 18.9 Å². The maximum atomic E-state index is 14.3. The van der Waals surface area contributed by atoms with Gasteiger partial charge in [0.1, 0.15) is 46.4 Å². The number of fused-ring (bicyclic) bond motifs is 1. The largest absolute Gasteiger partial charge is 0.497 e. The number of methoxy groups -OCH3 is 1. The fourth-order valence-electron chi connectivity index (χ4n) is 8.10. The zero-order valence-corrected chi connectivity index (χ0v) is 35.6. The highest BCUT2D eigenvalue weighted by Crippen LogP contribution is 2.36. The number of aromatic nitrogens is 1. The highest BCUT2D eigenvalue weighted by Gasteiger charge is 2.48. The van der Waals surface area contributed by atoms with Crippen LogP contribution < -0.4 is 25.8 Å². The molecule has 2 aromatic carbocycles. The van der Waals surface area contributed by atoms with Crippen LogP contribution in [0.25, 0.3) is 22.2 Å². The molecule has 15 nitrogen and oxygen atoms in total. The molecule has 6 N–H and O–H groups in total. The molecule has 0 radical (unpaired) electrons. The van der Waals surface area contributed by atoms with Gasteiger partial charge >= 0.3 is 18.0 Å². The minimum atomic E-state index is -1.42. The lowest BCUT2D eigenvalue weighted by molar-refractivity contribution is -0.151. The Labute approximate surface area is 351 Å². The topological polar surface area (TPSA) is 220 Å². The molecule has 1 saturated heterocycles. The van der Waals surface area contributed by atoms with E-state index in [1.807, 2.05) is 54.6 Å². The molecule has 0 bridgehead atoms. The number of alkyl carbamates (subject to hydrolysis) is 1. The highest BCUT2D eigenvalue weighted by atomic mass is 16.6. The molecule has 2 heterocycles. The summed E-state index contributed by atoms with van der Waals surface area (Å²) in [6.45, 7) is 8.80. The Bertz CT molecular complexity index is 2000. The van der Waals surface area contributed by atoms with Gasteiger partial charge in [-0.1, -0.05) is 82.7 Å². The number of carboxylic acid groups (broad SMARTS) is 2. The number of ether oxygens (including phenoxy) is 3. The molecule has 60 heavy (non-hydrogen) atoms. The van der Waals surface area contributed by atoms with Crippen LogP contribution in [-0.2, 0) is 23.9 Å². The van der Waals surface area contributed by atoms with Crippen LogP contribution in [0.4, 0.5) is 4.79 Å². The van der Waals surface area contributed by atoms with Crippen LogP contribution in [0.15, 0.2) is 54.6 Å².